The van der Waals surface area contributed by atoms with E-state index in [2.05, 4.69) is 16.0 Å². The third-order valence-corrected chi connectivity index (χ3v) is 2.50. The van der Waals surface area contributed by atoms with E-state index in [1.807, 2.05) is 20.8 Å². The fraction of sp³-hybridized carbons (Fsp3) is 0.769. The summed E-state index contributed by atoms with van der Waals surface area (Å²) in [6.07, 6.45) is 0.457. The Morgan fingerprint density at radius 2 is 1.70 bits per heavy atom. The molecule has 0 radical (unpaired) electrons. The molecule has 0 saturated heterocycles. The zero-order chi connectivity index (χ0) is 15.8. The van der Waals surface area contributed by atoms with E-state index in [-0.39, 0.29) is 24.4 Å². The number of hydrogen-bond acceptors (Lipinski definition) is 3. The molecule has 0 aliphatic rings. The van der Waals surface area contributed by atoms with Crippen LogP contribution in [0.2, 0.25) is 0 Å². The van der Waals surface area contributed by atoms with E-state index in [0.29, 0.717) is 13.0 Å². The van der Waals surface area contributed by atoms with E-state index in [1.54, 1.807) is 6.92 Å². The summed E-state index contributed by atoms with van der Waals surface area (Å²) in [4.78, 5) is 33.7. The third-order valence-electron chi connectivity index (χ3n) is 2.50. The Labute approximate surface area is 119 Å². The van der Waals surface area contributed by atoms with Gasteiger partial charge < -0.3 is 21.1 Å². The maximum Gasteiger partial charge on any atom is 0.315 e. The number of carbonyl (C=O) groups excluding carboxylic acids is 2. The molecule has 0 spiro atoms. The number of likely N-dealkylation sites (N-methyl/N-ethyl adjacent to an activating group) is 1. The van der Waals surface area contributed by atoms with Gasteiger partial charge in [-0.05, 0) is 18.8 Å². The van der Waals surface area contributed by atoms with Crippen LogP contribution in [0.15, 0.2) is 0 Å². The van der Waals surface area contributed by atoms with Crippen molar-refractivity contribution >= 4 is 17.9 Å². The predicted molar refractivity (Wildman–Crippen MR) is 75.3 cm³/mol. The standard InChI is InChI=1S/C13H25N3O4/c1-5-14-10(17)8-16-12(20)15-7-9(11(18)19)6-13(2,3)4/h9H,5-8H2,1-4H3,(H,14,17)(H,18,19)(H2,15,16,20). The molecular formula is C13H25N3O4. The van der Waals surface area contributed by atoms with Crippen LogP contribution < -0.4 is 16.0 Å². The van der Waals surface area contributed by atoms with Gasteiger partial charge in [-0.2, -0.15) is 0 Å². The molecule has 0 aliphatic heterocycles. The second-order valence-corrected chi connectivity index (χ2v) is 5.82. The lowest BCUT2D eigenvalue weighted by Crippen LogP contribution is -2.44. The van der Waals surface area contributed by atoms with Crippen LogP contribution in [-0.4, -0.2) is 42.6 Å². The number of rotatable bonds is 7. The van der Waals surface area contributed by atoms with Gasteiger partial charge in [0, 0.05) is 13.1 Å². The van der Waals surface area contributed by atoms with Crippen molar-refractivity contribution in [1.82, 2.24) is 16.0 Å². The first-order valence-corrected chi connectivity index (χ1v) is 6.67. The number of aliphatic carboxylic acids is 1. The molecular weight excluding hydrogens is 262 g/mol. The van der Waals surface area contributed by atoms with Crippen LogP contribution in [0.5, 0.6) is 0 Å². The Morgan fingerprint density at radius 1 is 1.10 bits per heavy atom. The highest BCUT2D eigenvalue weighted by atomic mass is 16.4. The van der Waals surface area contributed by atoms with Crippen LogP contribution in [0, 0.1) is 11.3 Å². The fourth-order valence-corrected chi connectivity index (χ4v) is 1.68. The van der Waals surface area contributed by atoms with Crippen LogP contribution >= 0.6 is 0 Å². The number of carbonyl (C=O) groups is 3. The van der Waals surface area contributed by atoms with E-state index in [0.717, 1.165) is 0 Å². The minimum atomic E-state index is -0.941. The van der Waals surface area contributed by atoms with Gasteiger partial charge in [0.15, 0.2) is 0 Å². The maximum atomic E-state index is 11.4. The number of hydrogen-bond donors (Lipinski definition) is 4. The fourth-order valence-electron chi connectivity index (χ4n) is 1.68. The van der Waals surface area contributed by atoms with Crippen molar-refractivity contribution < 1.29 is 19.5 Å². The Bertz CT molecular complexity index is 350. The number of carboxylic acids is 1. The van der Waals surface area contributed by atoms with E-state index in [4.69, 9.17) is 5.11 Å². The van der Waals surface area contributed by atoms with Crippen LogP contribution in [0.3, 0.4) is 0 Å². The predicted octanol–water partition coefficient (Wildman–Crippen LogP) is 0.559. The van der Waals surface area contributed by atoms with E-state index in [9.17, 15) is 14.4 Å². The van der Waals surface area contributed by atoms with Gasteiger partial charge in [-0.25, -0.2) is 4.79 Å². The molecule has 4 N–H and O–H groups in total. The number of nitrogens with one attached hydrogen (secondary N) is 3. The summed E-state index contributed by atoms with van der Waals surface area (Å²) in [6.45, 7) is 8.01. The molecule has 116 valence electrons. The molecule has 1 unspecified atom stereocenters. The van der Waals surface area contributed by atoms with E-state index in [1.165, 1.54) is 0 Å². The average molecular weight is 287 g/mol. The summed E-state index contributed by atoms with van der Waals surface area (Å²) >= 11 is 0. The van der Waals surface area contributed by atoms with Gasteiger partial charge in [0.25, 0.3) is 0 Å². The summed E-state index contributed by atoms with van der Waals surface area (Å²) in [5.74, 6) is -1.87. The Morgan fingerprint density at radius 3 is 2.15 bits per heavy atom. The second-order valence-electron chi connectivity index (χ2n) is 5.82. The number of urea groups is 1. The monoisotopic (exact) mass is 287 g/mol. The van der Waals surface area contributed by atoms with Crippen LogP contribution in [0.25, 0.3) is 0 Å². The topological polar surface area (TPSA) is 108 Å². The largest absolute Gasteiger partial charge is 0.481 e. The van der Waals surface area contributed by atoms with Crippen LogP contribution in [0.4, 0.5) is 4.79 Å². The highest BCUT2D eigenvalue weighted by molar-refractivity contribution is 5.84. The highest BCUT2D eigenvalue weighted by Gasteiger charge is 2.24. The number of carboxylic acid groups (broad SMARTS) is 1. The first kappa shape index (κ1) is 18.2. The molecule has 0 heterocycles. The second kappa shape index (κ2) is 8.39. The molecule has 3 amide bonds. The molecule has 7 nitrogen and oxygen atoms in total. The maximum absolute atomic E-state index is 11.4. The SMILES string of the molecule is CCNC(=O)CNC(=O)NCC(CC(C)(C)C)C(=O)O. The molecule has 0 fully saturated rings. The van der Waals surface area contributed by atoms with Crippen molar-refractivity contribution in [3.8, 4) is 0 Å². The molecule has 1 atom stereocenters. The molecule has 0 saturated carbocycles. The molecule has 7 heteroatoms. The zero-order valence-electron chi connectivity index (χ0n) is 12.6. The minimum absolute atomic E-state index is 0.0355. The Hall–Kier alpha value is -1.79. The summed E-state index contributed by atoms with van der Waals surface area (Å²) in [7, 11) is 0. The van der Waals surface area contributed by atoms with Gasteiger partial charge in [-0.15, -0.1) is 0 Å². The minimum Gasteiger partial charge on any atom is -0.481 e. The molecule has 20 heavy (non-hydrogen) atoms. The lowest BCUT2D eigenvalue weighted by molar-refractivity contribution is -0.142. The lowest BCUT2D eigenvalue weighted by atomic mass is 9.84. The molecule has 0 aromatic heterocycles. The average Bonchev–Trinajstić information content (AvgIpc) is 2.30. The van der Waals surface area contributed by atoms with Crippen molar-refractivity contribution in [1.29, 1.82) is 0 Å². The van der Waals surface area contributed by atoms with Crippen LogP contribution in [0.1, 0.15) is 34.1 Å². The van der Waals surface area contributed by atoms with Crippen molar-refractivity contribution in [3.63, 3.8) is 0 Å². The highest BCUT2D eigenvalue weighted by Crippen LogP contribution is 2.24. The normalized spacial score (nSPS) is 12.4. The van der Waals surface area contributed by atoms with Gasteiger partial charge >= 0.3 is 12.0 Å². The molecule has 0 aromatic carbocycles. The van der Waals surface area contributed by atoms with Crippen molar-refractivity contribution in [2.75, 3.05) is 19.6 Å². The molecule has 0 rings (SSSR count). The molecule has 0 aliphatic carbocycles. The van der Waals surface area contributed by atoms with Crippen molar-refractivity contribution in [3.05, 3.63) is 0 Å². The Balaban J connectivity index is 4.12. The quantitative estimate of drug-likeness (QED) is 0.548. The zero-order valence-corrected chi connectivity index (χ0v) is 12.6. The van der Waals surface area contributed by atoms with Gasteiger partial charge in [0.05, 0.1) is 12.5 Å². The van der Waals surface area contributed by atoms with Gasteiger partial charge in [0.2, 0.25) is 5.91 Å². The van der Waals surface area contributed by atoms with E-state index >= 15 is 0 Å². The third kappa shape index (κ3) is 9.18. The molecule has 0 aromatic rings. The number of amides is 3. The Kier molecular flexibility index (Phi) is 7.64. The van der Waals surface area contributed by atoms with Crippen molar-refractivity contribution in [2.45, 2.75) is 34.1 Å². The molecule has 0 bridgehead atoms. The first-order valence-electron chi connectivity index (χ1n) is 6.67. The summed E-state index contributed by atoms with van der Waals surface area (Å²) in [5.41, 5.74) is -0.137. The smallest absolute Gasteiger partial charge is 0.315 e. The summed E-state index contributed by atoms with van der Waals surface area (Å²) in [5, 5.41) is 16.5. The van der Waals surface area contributed by atoms with Gasteiger partial charge in [0.1, 0.15) is 0 Å². The summed E-state index contributed by atoms with van der Waals surface area (Å²) < 4.78 is 0. The van der Waals surface area contributed by atoms with Gasteiger partial charge in [-0.1, -0.05) is 20.8 Å². The lowest BCUT2D eigenvalue weighted by Gasteiger charge is -2.23. The van der Waals surface area contributed by atoms with Crippen molar-refractivity contribution in [2.24, 2.45) is 11.3 Å². The van der Waals surface area contributed by atoms with E-state index < -0.39 is 17.9 Å². The first-order chi connectivity index (χ1) is 9.15. The summed E-state index contributed by atoms with van der Waals surface area (Å²) in [6, 6.07) is -0.545. The van der Waals surface area contributed by atoms with Gasteiger partial charge in [-0.3, -0.25) is 9.59 Å². The van der Waals surface area contributed by atoms with Crippen LogP contribution in [-0.2, 0) is 9.59 Å².